The Morgan fingerprint density at radius 2 is 2.00 bits per heavy atom. The van der Waals surface area contributed by atoms with Crippen LogP contribution in [0.3, 0.4) is 0 Å². The van der Waals surface area contributed by atoms with Crippen molar-refractivity contribution in [3.05, 3.63) is 35.9 Å². The molecule has 5 heteroatoms. The van der Waals surface area contributed by atoms with Gasteiger partial charge in [-0.05, 0) is 24.3 Å². The highest BCUT2D eigenvalue weighted by Crippen LogP contribution is 2.31. The number of aliphatic hydroxyl groups is 1. The third kappa shape index (κ3) is 3.98. The summed E-state index contributed by atoms with van der Waals surface area (Å²) in [5.41, 5.74) is 6.47. The Labute approximate surface area is 113 Å². The van der Waals surface area contributed by atoms with Crippen molar-refractivity contribution in [1.82, 2.24) is 5.32 Å². The van der Waals surface area contributed by atoms with E-state index in [0.29, 0.717) is 18.0 Å². The minimum Gasteiger partial charge on any atom is -0.378 e. The lowest BCUT2D eigenvalue weighted by molar-refractivity contribution is -0.129. The molecule has 2 atom stereocenters. The summed E-state index contributed by atoms with van der Waals surface area (Å²) in [6.45, 7) is 0.438. The van der Waals surface area contributed by atoms with Gasteiger partial charge in [-0.15, -0.1) is 12.4 Å². The molecule has 1 aromatic carbocycles. The predicted molar refractivity (Wildman–Crippen MR) is 72.4 cm³/mol. The van der Waals surface area contributed by atoms with Gasteiger partial charge in [0.25, 0.3) is 5.91 Å². The Balaban J connectivity index is 0.00000162. The van der Waals surface area contributed by atoms with Gasteiger partial charge in [-0.25, -0.2) is 0 Å². The number of hydrogen-bond acceptors (Lipinski definition) is 3. The number of nitrogens with two attached hydrogens (primary N) is 1. The van der Waals surface area contributed by atoms with Crippen LogP contribution in [0.2, 0.25) is 0 Å². The molecule has 1 amide bonds. The van der Waals surface area contributed by atoms with Crippen molar-refractivity contribution >= 4 is 18.3 Å². The summed E-state index contributed by atoms with van der Waals surface area (Å²) in [4.78, 5) is 11.7. The maximum absolute atomic E-state index is 11.7. The van der Waals surface area contributed by atoms with Crippen LogP contribution in [0.4, 0.5) is 0 Å². The van der Waals surface area contributed by atoms with Crippen molar-refractivity contribution in [2.75, 3.05) is 6.54 Å². The van der Waals surface area contributed by atoms with Crippen LogP contribution in [-0.2, 0) is 4.79 Å². The Morgan fingerprint density at radius 1 is 1.39 bits per heavy atom. The Bertz CT molecular complexity index is 382. The van der Waals surface area contributed by atoms with Crippen LogP contribution in [-0.4, -0.2) is 23.6 Å². The Kier molecular flexibility index (Phi) is 5.59. The molecule has 1 aromatic rings. The molecule has 0 aromatic heterocycles. The lowest BCUT2D eigenvalue weighted by Crippen LogP contribution is -2.40. The van der Waals surface area contributed by atoms with E-state index in [-0.39, 0.29) is 24.4 Å². The second-order valence-corrected chi connectivity index (χ2v) is 4.56. The molecule has 0 aliphatic heterocycles. The first-order valence-electron chi connectivity index (χ1n) is 5.95. The molecular weight excluding hydrogens is 252 g/mol. The maximum atomic E-state index is 11.7. The van der Waals surface area contributed by atoms with E-state index in [1.54, 1.807) is 24.3 Å². The normalized spacial score (nSPS) is 17.4. The first-order valence-corrected chi connectivity index (χ1v) is 5.95. The molecular formula is C13H19ClN2O2. The number of nitrogens with one attached hydrogen (secondary N) is 1. The molecule has 1 aliphatic carbocycles. The zero-order valence-corrected chi connectivity index (χ0v) is 10.9. The van der Waals surface area contributed by atoms with Crippen LogP contribution in [0.25, 0.3) is 0 Å². The van der Waals surface area contributed by atoms with Crippen molar-refractivity contribution in [1.29, 1.82) is 0 Å². The van der Waals surface area contributed by atoms with Gasteiger partial charge >= 0.3 is 0 Å². The summed E-state index contributed by atoms with van der Waals surface area (Å²) >= 11 is 0. The van der Waals surface area contributed by atoms with Crippen LogP contribution >= 0.6 is 12.4 Å². The molecule has 0 bridgehead atoms. The molecule has 1 aliphatic rings. The minimum atomic E-state index is -1.11. The van der Waals surface area contributed by atoms with E-state index in [1.807, 2.05) is 6.07 Å². The zero-order chi connectivity index (χ0) is 12.3. The Hall–Kier alpha value is -1.10. The van der Waals surface area contributed by atoms with Gasteiger partial charge in [-0.1, -0.05) is 30.3 Å². The first kappa shape index (κ1) is 15.0. The number of amides is 1. The average Bonchev–Trinajstić information content (AvgIpc) is 3.20. The molecule has 4 N–H and O–H groups in total. The molecule has 100 valence electrons. The van der Waals surface area contributed by atoms with Crippen LogP contribution in [0.15, 0.2) is 30.3 Å². The van der Waals surface area contributed by atoms with Gasteiger partial charge in [-0.3, -0.25) is 4.79 Å². The third-order valence-electron chi connectivity index (χ3n) is 3.10. The fourth-order valence-electron chi connectivity index (χ4n) is 1.79. The molecule has 4 nitrogen and oxygen atoms in total. The van der Waals surface area contributed by atoms with Gasteiger partial charge in [0.05, 0.1) is 0 Å². The zero-order valence-electron chi connectivity index (χ0n) is 10.1. The first-order chi connectivity index (χ1) is 8.18. The largest absolute Gasteiger partial charge is 0.378 e. The number of carbonyl (C=O) groups is 1. The van der Waals surface area contributed by atoms with Crippen molar-refractivity contribution in [2.45, 2.75) is 25.0 Å². The summed E-state index contributed by atoms with van der Waals surface area (Å²) in [5.74, 6) is 0.163. The van der Waals surface area contributed by atoms with E-state index in [2.05, 4.69) is 5.32 Å². The number of rotatable bonds is 5. The molecule has 0 heterocycles. The summed E-state index contributed by atoms with van der Waals surface area (Å²) in [6, 6.07) is 8.90. The highest BCUT2D eigenvalue weighted by Gasteiger charge is 2.29. The van der Waals surface area contributed by atoms with Gasteiger partial charge in [0, 0.05) is 12.6 Å². The van der Waals surface area contributed by atoms with Crippen LogP contribution in [0.5, 0.6) is 0 Å². The van der Waals surface area contributed by atoms with E-state index >= 15 is 0 Å². The van der Waals surface area contributed by atoms with Crippen molar-refractivity contribution in [3.63, 3.8) is 0 Å². The van der Waals surface area contributed by atoms with Crippen LogP contribution in [0, 0.1) is 5.92 Å². The SMILES string of the molecule is Cl.NC(CNC(=O)C(O)c1ccccc1)C1CC1. The molecule has 2 rings (SSSR count). The molecule has 2 unspecified atom stereocenters. The standard InChI is InChI=1S/C13H18N2O2.ClH/c14-11(9-6-7-9)8-15-13(17)12(16)10-4-2-1-3-5-10;/h1-5,9,11-12,16H,6-8,14H2,(H,15,17);1H. The summed E-state index contributed by atoms with van der Waals surface area (Å²) in [7, 11) is 0. The average molecular weight is 271 g/mol. The summed E-state index contributed by atoms with van der Waals surface area (Å²) in [6.07, 6.45) is 1.19. The maximum Gasteiger partial charge on any atom is 0.253 e. The third-order valence-corrected chi connectivity index (χ3v) is 3.10. The number of halogens is 1. The fraction of sp³-hybridized carbons (Fsp3) is 0.462. The monoisotopic (exact) mass is 270 g/mol. The number of hydrogen-bond donors (Lipinski definition) is 3. The number of carbonyl (C=O) groups excluding carboxylic acids is 1. The molecule has 18 heavy (non-hydrogen) atoms. The van der Waals surface area contributed by atoms with Crippen molar-refractivity contribution in [2.24, 2.45) is 11.7 Å². The number of aliphatic hydroxyl groups excluding tert-OH is 1. The molecule has 1 fully saturated rings. The van der Waals surface area contributed by atoms with Gasteiger partial charge in [0.2, 0.25) is 0 Å². The van der Waals surface area contributed by atoms with E-state index in [9.17, 15) is 9.90 Å². The van der Waals surface area contributed by atoms with Gasteiger partial charge in [0.15, 0.2) is 6.10 Å². The van der Waals surface area contributed by atoms with E-state index in [0.717, 1.165) is 12.8 Å². The molecule has 0 spiro atoms. The van der Waals surface area contributed by atoms with Crippen molar-refractivity contribution in [3.8, 4) is 0 Å². The topological polar surface area (TPSA) is 75.3 Å². The van der Waals surface area contributed by atoms with Gasteiger partial charge < -0.3 is 16.2 Å². The lowest BCUT2D eigenvalue weighted by atomic mass is 10.1. The van der Waals surface area contributed by atoms with Crippen LogP contribution in [0.1, 0.15) is 24.5 Å². The highest BCUT2D eigenvalue weighted by atomic mass is 35.5. The van der Waals surface area contributed by atoms with Gasteiger partial charge in [-0.2, -0.15) is 0 Å². The Morgan fingerprint density at radius 3 is 2.56 bits per heavy atom. The highest BCUT2D eigenvalue weighted by molar-refractivity contribution is 5.85. The smallest absolute Gasteiger partial charge is 0.253 e. The molecule has 0 saturated heterocycles. The predicted octanol–water partition coefficient (Wildman–Crippen LogP) is 0.995. The quantitative estimate of drug-likeness (QED) is 0.747. The van der Waals surface area contributed by atoms with E-state index in [4.69, 9.17) is 5.73 Å². The van der Waals surface area contributed by atoms with E-state index < -0.39 is 6.10 Å². The van der Waals surface area contributed by atoms with Gasteiger partial charge in [0.1, 0.15) is 0 Å². The minimum absolute atomic E-state index is 0. The lowest BCUT2D eigenvalue weighted by Gasteiger charge is -2.14. The summed E-state index contributed by atoms with van der Waals surface area (Å²) < 4.78 is 0. The van der Waals surface area contributed by atoms with Crippen LogP contribution < -0.4 is 11.1 Å². The summed E-state index contributed by atoms with van der Waals surface area (Å²) in [5, 5.41) is 12.5. The second kappa shape index (κ2) is 6.73. The van der Waals surface area contributed by atoms with E-state index in [1.165, 1.54) is 0 Å². The fourth-order valence-corrected chi connectivity index (χ4v) is 1.79. The second-order valence-electron chi connectivity index (χ2n) is 4.56. The molecule has 0 radical (unpaired) electrons. The number of benzene rings is 1. The van der Waals surface area contributed by atoms with Crippen molar-refractivity contribution < 1.29 is 9.90 Å². The molecule has 1 saturated carbocycles.